The monoisotopic (exact) mass is 476 g/mol. The van der Waals surface area contributed by atoms with Crippen molar-refractivity contribution in [3.8, 4) is 5.75 Å². The third-order valence-corrected chi connectivity index (χ3v) is 6.48. The summed E-state index contributed by atoms with van der Waals surface area (Å²) in [6.07, 6.45) is 0. The van der Waals surface area contributed by atoms with E-state index in [0.29, 0.717) is 5.75 Å². The van der Waals surface area contributed by atoms with Crippen molar-refractivity contribution in [2.45, 2.75) is 9.79 Å². The minimum absolute atomic E-state index is 0.314. The van der Waals surface area contributed by atoms with Gasteiger partial charge in [-0.15, -0.1) is 0 Å². The lowest BCUT2D eigenvalue weighted by Gasteiger charge is -2.27. The molecule has 30 heavy (non-hydrogen) atoms. The largest absolute Gasteiger partial charge is 0.772 e. The summed E-state index contributed by atoms with van der Waals surface area (Å²) in [5.41, 5.74) is 0. The van der Waals surface area contributed by atoms with Gasteiger partial charge in [0.2, 0.25) is 15.8 Å². The molecular formula is C15H11F5NO7S2-. The maximum atomic E-state index is 13.7. The highest BCUT2D eigenvalue weighted by molar-refractivity contribution is 7.89. The predicted octanol–water partition coefficient (Wildman–Crippen LogP) is 2.28. The van der Waals surface area contributed by atoms with Gasteiger partial charge in [-0.05, 0) is 24.3 Å². The number of hydrogen-bond acceptors (Lipinski definition) is 7. The van der Waals surface area contributed by atoms with Crippen molar-refractivity contribution in [3.05, 3.63) is 58.6 Å². The average Bonchev–Trinajstić information content (AvgIpc) is 2.70. The molecule has 8 nitrogen and oxygen atoms in total. The van der Waals surface area contributed by atoms with E-state index in [-0.39, 0.29) is 4.90 Å². The highest BCUT2D eigenvalue weighted by Gasteiger charge is 2.34. The number of rotatable bonds is 8. The molecule has 0 N–H and O–H groups in total. The molecule has 0 spiro atoms. The lowest BCUT2D eigenvalue weighted by Crippen LogP contribution is -2.31. The normalized spacial score (nSPS) is 12.4. The highest BCUT2D eigenvalue weighted by Crippen LogP contribution is 2.28. The summed E-state index contributed by atoms with van der Waals surface area (Å²) < 4.78 is 123. The summed E-state index contributed by atoms with van der Waals surface area (Å²) in [7, 11) is -8.90. The van der Waals surface area contributed by atoms with E-state index in [9.17, 15) is 44.0 Å². The Kier molecular flexibility index (Phi) is 7.03. The van der Waals surface area contributed by atoms with Gasteiger partial charge < -0.3 is 9.94 Å². The molecule has 2 aromatic carbocycles. The van der Waals surface area contributed by atoms with Gasteiger partial charge in [0.1, 0.15) is 5.75 Å². The second kappa shape index (κ2) is 8.81. The molecule has 0 saturated carbocycles. The van der Waals surface area contributed by atoms with Crippen molar-refractivity contribution in [3.63, 3.8) is 0 Å². The van der Waals surface area contributed by atoms with Crippen LogP contribution in [0.2, 0.25) is 0 Å². The number of nitrogens with zero attached hydrogens (tertiary/aromatic N) is 1. The molecule has 0 saturated heterocycles. The zero-order chi connectivity index (χ0) is 22.9. The molecule has 0 amide bonds. The molecule has 0 aliphatic rings. The van der Waals surface area contributed by atoms with Gasteiger partial charge in [0.15, 0.2) is 28.2 Å². The van der Waals surface area contributed by atoms with Crippen LogP contribution in [0.15, 0.2) is 34.1 Å². The fourth-order valence-corrected chi connectivity index (χ4v) is 4.12. The average molecular weight is 476 g/mol. The molecule has 0 fully saturated rings. The quantitative estimate of drug-likeness (QED) is 0.189. The Bertz CT molecular complexity index is 1130. The van der Waals surface area contributed by atoms with Gasteiger partial charge >= 0.3 is 0 Å². The SMILES string of the molecule is COc1ccc(S(=O)(=O)OCCN([O-])S(=O)(=O)c2c(F)c(F)c(F)c(F)c2F)cc1. The second-order valence-corrected chi connectivity index (χ2v) is 8.76. The number of ether oxygens (including phenoxy) is 1. The van der Waals surface area contributed by atoms with Gasteiger partial charge in [-0.1, -0.05) is 0 Å². The first-order valence-electron chi connectivity index (χ1n) is 7.59. The summed E-state index contributed by atoms with van der Waals surface area (Å²) in [6, 6.07) is 4.69. The van der Waals surface area contributed by atoms with Crippen LogP contribution in [0.3, 0.4) is 0 Å². The van der Waals surface area contributed by atoms with E-state index in [4.69, 9.17) is 4.74 Å². The van der Waals surface area contributed by atoms with E-state index >= 15 is 0 Å². The van der Waals surface area contributed by atoms with Crippen LogP contribution in [0.25, 0.3) is 0 Å². The molecule has 0 aromatic heterocycles. The van der Waals surface area contributed by atoms with Crippen molar-refractivity contribution in [1.29, 1.82) is 0 Å². The molecular weight excluding hydrogens is 465 g/mol. The minimum atomic E-state index is -5.76. The molecule has 0 unspecified atom stereocenters. The van der Waals surface area contributed by atoms with Gasteiger partial charge in [-0.3, -0.25) is 8.65 Å². The Hall–Kier alpha value is -2.33. The van der Waals surface area contributed by atoms with Crippen LogP contribution in [-0.4, -0.2) is 41.6 Å². The van der Waals surface area contributed by atoms with Crippen LogP contribution < -0.4 is 4.74 Å². The lowest BCUT2D eigenvalue weighted by atomic mass is 10.3. The molecule has 2 rings (SSSR count). The van der Waals surface area contributed by atoms with Crippen LogP contribution in [0.4, 0.5) is 22.0 Å². The van der Waals surface area contributed by atoms with Crippen molar-refractivity contribution >= 4 is 20.1 Å². The Morgan fingerprint density at radius 1 is 0.867 bits per heavy atom. The number of hydroxylamine groups is 1. The molecule has 0 heterocycles. The van der Waals surface area contributed by atoms with Crippen molar-refractivity contribution in [2.75, 3.05) is 20.3 Å². The summed E-state index contributed by atoms with van der Waals surface area (Å²) in [5.74, 6) is -12.9. The van der Waals surface area contributed by atoms with Gasteiger partial charge in [-0.25, -0.2) is 30.4 Å². The Morgan fingerprint density at radius 2 is 1.33 bits per heavy atom. The van der Waals surface area contributed by atoms with Crippen molar-refractivity contribution in [1.82, 2.24) is 4.47 Å². The Morgan fingerprint density at radius 3 is 1.80 bits per heavy atom. The second-order valence-electron chi connectivity index (χ2n) is 5.38. The van der Waals surface area contributed by atoms with Gasteiger partial charge in [0.05, 0.1) is 18.6 Å². The van der Waals surface area contributed by atoms with Crippen LogP contribution in [0.1, 0.15) is 0 Å². The van der Waals surface area contributed by atoms with Crippen molar-refractivity contribution < 1.29 is 47.7 Å². The third-order valence-electron chi connectivity index (χ3n) is 3.56. The molecule has 15 heteroatoms. The fourth-order valence-electron chi connectivity index (χ4n) is 2.07. The zero-order valence-corrected chi connectivity index (χ0v) is 16.4. The van der Waals surface area contributed by atoms with Gasteiger partial charge in [0, 0.05) is 6.54 Å². The van der Waals surface area contributed by atoms with Crippen LogP contribution in [0.5, 0.6) is 5.75 Å². The molecule has 0 atom stereocenters. The Labute approximate surface area is 167 Å². The van der Waals surface area contributed by atoms with Crippen LogP contribution in [0, 0.1) is 34.3 Å². The van der Waals surface area contributed by atoms with Crippen molar-refractivity contribution in [2.24, 2.45) is 0 Å². The first kappa shape index (κ1) is 23.9. The third kappa shape index (κ3) is 4.54. The first-order chi connectivity index (χ1) is 13.8. The predicted molar refractivity (Wildman–Crippen MR) is 89.6 cm³/mol. The van der Waals surface area contributed by atoms with Gasteiger partial charge in [0.25, 0.3) is 10.1 Å². The number of sulfonamides is 1. The van der Waals surface area contributed by atoms with E-state index in [1.54, 1.807) is 0 Å². The number of halogens is 5. The van der Waals surface area contributed by atoms with Crippen LogP contribution >= 0.6 is 0 Å². The number of benzene rings is 2. The highest BCUT2D eigenvalue weighted by atomic mass is 32.2. The maximum Gasteiger partial charge on any atom is 0.297 e. The molecule has 166 valence electrons. The number of hydrogen-bond donors (Lipinski definition) is 0. The summed E-state index contributed by atoms with van der Waals surface area (Å²) in [5, 5.41) is 11.7. The molecule has 0 radical (unpaired) electrons. The molecule has 0 bridgehead atoms. The minimum Gasteiger partial charge on any atom is -0.772 e. The van der Waals surface area contributed by atoms with Crippen LogP contribution in [-0.2, 0) is 24.3 Å². The first-order valence-corrected chi connectivity index (χ1v) is 10.4. The standard InChI is InChI=1S/C15H11F5NO7S2/c1-27-8-2-4-9(5-3-8)30(25,26)28-7-6-21(22)29(23,24)15-13(19)11(17)10(16)12(18)14(15)20/h2-5H,6-7H2,1H3/q-1. The van der Waals surface area contributed by atoms with E-state index in [1.165, 1.54) is 19.2 Å². The summed E-state index contributed by atoms with van der Waals surface area (Å²) in [6.45, 7) is -2.45. The molecule has 2 aromatic rings. The number of methoxy groups -OCH3 is 1. The maximum absolute atomic E-state index is 13.7. The smallest absolute Gasteiger partial charge is 0.297 e. The molecule has 0 aliphatic heterocycles. The Balaban J connectivity index is 2.19. The topological polar surface area (TPSA) is 113 Å². The fraction of sp³-hybridized carbons (Fsp3) is 0.200. The van der Waals surface area contributed by atoms with Gasteiger partial charge in [-0.2, -0.15) is 8.42 Å². The molecule has 0 aliphatic carbocycles. The van der Waals surface area contributed by atoms with E-state index in [2.05, 4.69) is 4.18 Å². The zero-order valence-electron chi connectivity index (χ0n) is 14.7. The van der Waals surface area contributed by atoms with E-state index < -0.39 is 71.7 Å². The summed E-state index contributed by atoms with van der Waals surface area (Å²) in [4.78, 5) is -2.75. The van der Waals surface area contributed by atoms with E-state index in [1.807, 2.05) is 0 Å². The summed E-state index contributed by atoms with van der Waals surface area (Å²) >= 11 is 0. The van der Waals surface area contributed by atoms with E-state index in [0.717, 1.165) is 12.1 Å². The lowest BCUT2D eigenvalue weighted by molar-refractivity contribution is 0.295.